The van der Waals surface area contributed by atoms with Gasteiger partial charge >= 0.3 is 0 Å². The Bertz CT molecular complexity index is 424. The summed E-state index contributed by atoms with van der Waals surface area (Å²) < 4.78 is 11.1. The van der Waals surface area contributed by atoms with Crippen LogP contribution in [-0.4, -0.2) is 37.3 Å². The van der Waals surface area contributed by atoms with E-state index in [0.29, 0.717) is 12.2 Å². The number of hydrogen-bond acceptors (Lipinski definition) is 4. The molecule has 3 rings (SSSR count). The molecule has 0 aliphatic carbocycles. The van der Waals surface area contributed by atoms with Crippen LogP contribution in [0.1, 0.15) is 18.4 Å². The van der Waals surface area contributed by atoms with Crippen molar-refractivity contribution < 1.29 is 9.47 Å². The first kappa shape index (κ1) is 11.8. The van der Waals surface area contributed by atoms with Gasteiger partial charge in [-0.15, -0.1) is 0 Å². The number of hydrogen-bond donors (Lipinski definition) is 1. The van der Waals surface area contributed by atoms with Crippen molar-refractivity contribution in [1.29, 1.82) is 0 Å². The van der Waals surface area contributed by atoms with Crippen LogP contribution in [0, 0.1) is 0 Å². The number of anilines is 1. The van der Waals surface area contributed by atoms with Gasteiger partial charge < -0.3 is 15.2 Å². The normalized spacial score (nSPS) is 27.4. The Kier molecular flexibility index (Phi) is 3.14. The van der Waals surface area contributed by atoms with Crippen LogP contribution in [0.2, 0.25) is 0 Å². The topological polar surface area (TPSA) is 47.7 Å². The van der Waals surface area contributed by atoms with Gasteiger partial charge in [0.1, 0.15) is 5.75 Å². The average molecular weight is 248 g/mol. The standard InChI is InChI=1S/C14H20N2O2/c1-17-11-4-5-14(15)10(6-11)7-16-8-12-2-3-13(9-16)18-12/h4-6,12-13H,2-3,7-9,15H2,1H3. The summed E-state index contributed by atoms with van der Waals surface area (Å²) in [4.78, 5) is 2.44. The number of ether oxygens (including phenoxy) is 2. The van der Waals surface area contributed by atoms with E-state index in [9.17, 15) is 0 Å². The third-order valence-electron chi connectivity index (χ3n) is 3.86. The highest BCUT2D eigenvalue weighted by Gasteiger charge is 2.33. The fraction of sp³-hybridized carbons (Fsp3) is 0.571. The molecule has 2 bridgehead atoms. The number of morpholine rings is 1. The third kappa shape index (κ3) is 2.31. The first-order valence-corrected chi connectivity index (χ1v) is 6.55. The van der Waals surface area contributed by atoms with Gasteiger partial charge in [-0.1, -0.05) is 0 Å². The van der Waals surface area contributed by atoms with Crippen LogP contribution in [0.5, 0.6) is 5.75 Å². The monoisotopic (exact) mass is 248 g/mol. The van der Waals surface area contributed by atoms with Gasteiger partial charge in [-0.3, -0.25) is 4.90 Å². The highest BCUT2D eigenvalue weighted by atomic mass is 16.5. The lowest BCUT2D eigenvalue weighted by Crippen LogP contribution is -2.42. The lowest BCUT2D eigenvalue weighted by Gasteiger charge is -2.32. The number of fused-ring (bicyclic) bond motifs is 2. The molecule has 1 aromatic carbocycles. The summed E-state index contributed by atoms with van der Waals surface area (Å²) in [7, 11) is 1.68. The van der Waals surface area contributed by atoms with Gasteiger partial charge in [0.2, 0.25) is 0 Å². The smallest absolute Gasteiger partial charge is 0.119 e. The van der Waals surface area contributed by atoms with Gasteiger partial charge in [-0.05, 0) is 36.6 Å². The molecule has 2 aliphatic rings. The Labute approximate surface area is 108 Å². The zero-order chi connectivity index (χ0) is 12.5. The van der Waals surface area contributed by atoms with Crippen LogP contribution in [0.3, 0.4) is 0 Å². The Morgan fingerprint density at radius 2 is 2.06 bits per heavy atom. The second-order valence-electron chi connectivity index (χ2n) is 5.22. The first-order chi connectivity index (χ1) is 8.74. The van der Waals surface area contributed by atoms with Gasteiger partial charge in [0.25, 0.3) is 0 Å². The molecule has 2 aliphatic heterocycles. The summed E-state index contributed by atoms with van der Waals surface area (Å²) in [6.45, 7) is 2.93. The zero-order valence-electron chi connectivity index (χ0n) is 10.8. The fourth-order valence-electron chi connectivity index (χ4n) is 2.92. The molecule has 18 heavy (non-hydrogen) atoms. The van der Waals surface area contributed by atoms with E-state index in [1.165, 1.54) is 12.8 Å². The third-order valence-corrected chi connectivity index (χ3v) is 3.86. The molecule has 2 heterocycles. The summed E-state index contributed by atoms with van der Waals surface area (Å²) >= 11 is 0. The molecule has 0 spiro atoms. The van der Waals surface area contributed by atoms with Crippen molar-refractivity contribution in [3.8, 4) is 5.75 Å². The lowest BCUT2D eigenvalue weighted by atomic mass is 10.1. The van der Waals surface area contributed by atoms with E-state index < -0.39 is 0 Å². The Hall–Kier alpha value is -1.26. The molecular weight excluding hydrogens is 228 g/mol. The molecule has 2 N–H and O–H groups in total. The number of likely N-dealkylation sites (tertiary alicyclic amines) is 1. The molecule has 2 fully saturated rings. The Morgan fingerprint density at radius 3 is 2.72 bits per heavy atom. The predicted molar refractivity (Wildman–Crippen MR) is 70.6 cm³/mol. The molecule has 4 heteroatoms. The van der Waals surface area contributed by atoms with E-state index in [4.69, 9.17) is 15.2 Å². The lowest BCUT2D eigenvalue weighted by molar-refractivity contribution is -0.0410. The van der Waals surface area contributed by atoms with E-state index in [2.05, 4.69) is 4.90 Å². The Balaban J connectivity index is 1.72. The molecule has 0 amide bonds. The van der Waals surface area contributed by atoms with Crippen LogP contribution in [0.25, 0.3) is 0 Å². The van der Waals surface area contributed by atoms with Crippen LogP contribution in [-0.2, 0) is 11.3 Å². The molecular formula is C14H20N2O2. The van der Waals surface area contributed by atoms with E-state index in [0.717, 1.165) is 36.6 Å². The highest BCUT2D eigenvalue weighted by molar-refractivity contribution is 5.50. The molecule has 0 saturated carbocycles. The van der Waals surface area contributed by atoms with Crippen LogP contribution >= 0.6 is 0 Å². The number of rotatable bonds is 3. The SMILES string of the molecule is COc1ccc(N)c(CN2CC3CCC(C2)O3)c1. The largest absolute Gasteiger partial charge is 0.497 e. The molecule has 4 nitrogen and oxygen atoms in total. The second-order valence-corrected chi connectivity index (χ2v) is 5.22. The summed E-state index contributed by atoms with van der Waals surface area (Å²) in [5, 5.41) is 0. The number of nitrogen functional groups attached to an aromatic ring is 1. The summed E-state index contributed by atoms with van der Waals surface area (Å²) in [6.07, 6.45) is 3.26. The first-order valence-electron chi connectivity index (χ1n) is 6.55. The van der Waals surface area contributed by atoms with Crippen molar-refractivity contribution in [3.63, 3.8) is 0 Å². The maximum Gasteiger partial charge on any atom is 0.119 e. The van der Waals surface area contributed by atoms with Crippen molar-refractivity contribution >= 4 is 5.69 Å². The summed E-state index contributed by atoms with van der Waals surface area (Å²) in [5.74, 6) is 0.871. The maximum atomic E-state index is 6.03. The van der Waals surface area contributed by atoms with Gasteiger partial charge in [0.05, 0.1) is 19.3 Å². The van der Waals surface area contributed by atoms with E-state index >= 15 is 0 Å². The van der Waals surface area contributed by atoms with Crippen LogP contribution in [0.15, 0.2) is 18.2 Å². The van der Waals surface area contributed by atoms with Crippen molar-refractivity contribution in [2.45, 2.75) is 31.6 Å². The van der Waals surface area contributed by atoms with Crippen molar-refractivity contribution in [3.05, 3.63) is 23.8 Å². The quantitative estimate of drug-likeness (QED) is 0.826. The Morgan fingerprint density at radius 1 is 1.33 bits per heavy atom. The van der Waals surface area contributed by atoms with Crippen LogP contribution < -0.4 is 10.5 Å². The van der Waals surface area contributed by atoms with Crippen molar-refractivity contribution in [1.82, 2.24) is 4.90 Å². The minimum atomic E-state index is 0.426. The van der Waals surface area contributed by atoms with Crippen molar-refractivity contribution in [2.75, 3.05) is 25.9 Å². The number of nitrogens with zero attached hydrogens (tertiary/aromatic N) is 1. The second kappa shape index (κ2) is 4.78. The van der Waals surface area contributed by atoms with Crippen LogP contribution in [0.4, 0.5) is 5.69 Å². The maximum absolute atomic E-state index is 6.03. The minimum Gasteiger partial charge on any atom is -0.497 e. The molecule has 98 valence electrons. The number of benzene rings is 1. The fourth-order valence-corrected chi connectivity index (χ4v) is 2.92. The zero-order valence-corrected chi connectivity index (χ0v) is 10.8. The molecule has 0 aromatic heterocycles. The molecule has 2 atom stereocenters. The average Bonchev–Trinajstić information content (AvgIpc) is 2.71. The van der Waals surface area contributed by atoms with Gasteiger partial charge in [-0.25, -0.2) is 0 Å². The number of methoxy groups -OCH3 is 1. The number of nitrogens with two attached hydrogens (primary N) is 1. The van der Waals surface area contributed by atoms with Gasteiger partial charge in [-0.2, -0.15) is 0 Å². The van der Waals surface area contributed by atoms with Gasteiger partial charge in [0, 0.05) is 25.3 Å². The van der Waals surface area contributed by atoms with E-state index in [1.54, 1.807) is 7.11 Å². The molecule has 1 aromatic rings. The minimum absolute atomic E-state index is 0.426. The molecule has 2 saturated heterocycles. The van der Waals surface area contributed by atoms with E-state index in [1.807, 2.05) is 18.2 Å². The summed E-state index contributed by atoms with van der Waals surface area (Å²) in [5.41, 5.74) is 8.02. The van der Waals surface area contributed by atoms with E-state index in [-0.39, 0.29) is 0 Å². The van der Waals surface area contributed by atoms with Gasteiger partial charge in [0.15, 0.2) is 0 Å². The van der Waals surface area contributed by atoms with Crippen molar-refractivity contribution in [2.24, 2.45) is 0 Å². The molecule has 0 radical (unpaired) electrons. The summed E-state index contributed by atoms with van der Waals surface area (Å²) in [6, 6.07) is 5.86. The predicted octanol–water partition coefficient (Wildman–Crippen LogP) is 1.64. The highest BCUT2D eigenvalue weighted by Crippen LogP contribution is 2.28. The molecule has 2 unspecified atom stereocenters.